The minimum atomic E-state index is 0.0504. The zero-order valence-electron chi connectivity index (χ0n) is 18.3. The first-order valence-electron chi connectivity index (χ1n) is 11.1. The lowest BCUT2D eigenvalue weighted by Crippen LogP contribution is -2.42. The van der Waals surface area contributed by atoms with E-state index in [1.807, 2.05) is 40.1 Å². The first-order chi connectivity index (χ1) is 15.1. The van der Waals surface area contributed by atoms with Crippen LogP contribution in [-0.2, 0) is 16.1 Å². The van der Waals surface area contributed by atoms with Gasteiger partial charge in [-0.1, -0.05) is 0 Å². The average Bonchev–Trinajstić information content (AvgIpc) is 3.28. The molecule has 0 radical (unpaired) electrons. The molecule has 2 amide bonds. The van der Waals surface area contributed by atoms with Gasteiger partial charge in [-0.2, -0.15) is 0 Å². The molecule has 1 saturated heterocycles. The molecular formula is C24H31N3O4. The fourth-order valence-electron chi connectivity index (χ4n) is 4.46. The Morgan fingerprint density at radius 1 is 1.03 bits per heavy atom. The Hall–Kier alpha value is -2.80. The molecule has 2 aliphatic heterocycles. The van der Waals surface area contributed by atoms with Crippen LogP contribution in [0.5, 0.6) is 5.75 Å². The van der Waals surface area contributed by atoms with E-state index in [4.69, 9.17) is 9.47 Å². The number of hydrogen-bond acceptors (Lipinski definition) is 4. The van der Waals surface area contributed by atoms with Gasteiger partial charge in [0.05, 0.1) is 19.1 Å². The minimum absolute atomic E-state index is 0.0504. The molecule has 0 spiro atoms. The molecule has 3 heterocycles. The van der Waals surface area contributed by atoms with Crippen molar-refractivity contribution < 1.29 is 19.1 Å². The number of likely N-dealkylation sites (tertiary alicyclic amines) is 1. The molecule has 166 valence electrons. The number of methoxy groups -OCH3 is 1. The Balaban J connectivity index is 1.30. The van der Waals surface area contributed by atoms with Gasteiger partial charge in [-0.25, -0.2) is 0 Å². The van der Waals surface area contributed by atoms with Gasteiger partial charge in [-0.3, -0.25) is 9.59 Å². The van der Waals surface area contributed by atoms with Crippen LogP contribution in [-0.4, -0.2) is 65.6 Å². The largest absolute Gasteiger partial charge is 0.490 e. The molecule has 31 heavy (non-hydrogen) atoms. The number of fused-ring (bicyclic) bond motifs is 1. The molecule has 7 heteroatoms. The van der Waals surface area contributed by atoms with Gasteiger partial charge in [0, 0.05) is 63.6 Å². The lowest BCUT2D eigenvalue weighted by molar-refractivity contribution is -0.133. The fraction of sp³-hybridized carbons (Fsp3) is 0.500. The predicted octanol–water partition coefficient (Wildman–Crippen LogP) is 3.11. The van der Waals surface area contributed by atoms with Crippen LogP contribution in [0, 0.1) is 0 Å². The summed E-state index contributed by atoms with van der Waals surface area (Å²) in [5, 5.41) is 0. The summed E-state index contributed by atoms with van der Waals surface area (Å²) in [4.78, 5) is 29.0. The van der Waals surface area contributed by atoms with Crippen molar-refractivity contribution in [2.45, 2.75) is 44.9 Å². The Kier molecular flexibility index (Phi) is 6.61. The van der Waals surface area contributed by atoms with Crippen molar-refractivity contribution >= 4 is 11.8 Å². The Labute approximate surface area is 183 Å². The molecular weight excluding hydrogens is 394 g/mol. The number of rotatable bonds is 6. The number of ether oxygens (including phenoxy) is 2. The highest BCUT2D eigenvalue weighted by molar-refractivity contribution is 5.94. The summed E-state index contributed by atoms with van der Waals surface area (Å²) in [6.07, 6.45) is 4.20. The molecule has 0 aliphatic carbocycles. The fourth-order valence-corrected chi connectivity index (χ4v) is 4.46. The first-order valence-corrected chi connectivity index (χ1v) is 11.1. The summed E-state index contributed by atoms with van der Waals surface area (Å²) in [6.45, 7) is 5.49. The van der Waals surface area contributed by atoms with E-state index < -0.39 is 0 Å². The standard InChI is InChI=1S/C24H31N3O4/c1-18-22-4-3-12-25(22)15-16-27(18)24(29)19-5-7-20(8-6-19)31-21-9-13-26(14-10-21)23(28)11-17-30-2/h3-8,12,18,21H,9-11,13-17H2,1-2H3. The maximum absolute atomic E-state index is 13.0. The van der Waals surface area contributed by atoms with Crippen LogP contribution in [0.25, 0.3) is 0 Å². The molecule has 0 N–H and O–H groups in total. The van der Waals surface area contributed by atoms with Crippen molar-refractivity contribution in [3.8, 4) is 5.75 Å². The van der Waals surface area contributed by atoms with E-state index >= 15 is 0 Å². The van der Waals surface area contributed by atoms with Gasteiger partial charge in [0.1, 0.15) is 11.9 Å². The SMILES string of the molecule is COCCC(=O)N1CCC(Oc2ccc(C(=O)N3CCn4cccc4C3C)cc2)CC1. The van der Waals surface area contributed by atoms with E-state index in [0.717, 1.165) is 25.1 Å². The van der Waals surface area contributed by atoms with Gasteiger partial charge < -0.3 is 23.8 Å². The first kappa shape index (κ1) is 21.4. The van der Waals surface area contributed by atoms with Crippen LogP contribution in [0.1, 0.15) is 48.3 Å². The molecule has 0 saturated carbocycles. The third-order valence-electron chi connectivity index (χ3n) is 6.32. The van der Waals surface area contributed by atoms with E-state index in [-0.39, 0.29) is 24.0 Å². The van der Waals surface area contributed by atoms with Gasteiger partial charge in [0.2, 0.25) is 5.91 Å². The molecule has 1 atom stereocenters. The highest BCUT2D eigenvalue weighted by Gasteiger charge is 2.28. The number of hydrogen-bond donors (Lipinski definition) is 0. The number of amides is 2. The molecule has 1 aromatic heterocycles. The van der Waals surface area contributed by atoms with E-state index in [2.05, 4.69) is 23.8 Å². The lowest BCUT2D eigenvalue weighted by atomic mass is 10.1. The Morgan fingerprint density at radius 2 is 1.77 bits per heavy atom. The second-order valence-corrected chi connectivity index (χ2v) is 8.27. The summed E-state index contributed by atoms with van der Waals surface area (Å²) in [5.41, 5.74) is 1.85. The van der Waals surface area contributed by atoms with Gasteiger partial charge in [0.25, 0.3) is 5.91 Å². The van der Waals surface area contributed by atoms with Crippen molar-refractivity contribution in [2.75, 3.05) is 33.4 Å². The highest BCUT2D eigenvalue weighted by Crippen LogP contribution is 2.27. The smallest absolute Gasteiger partial charge is 0.254 e. The van der Waals surface area contributed by atoms with E-state index in [1.165, 1.54) is 5.69 Å². The Morgan fingerprint density at radius 3 is 2.48 bits per heavy atom. The van der Waals surface area contributed by atoms with Crippen molar-refractivity contribution in [1.29, 1.82) is 0 Å². The van der Waals surface area contributed by atoms with Gasteiger partial charge >= 0.3 is 0 Å². The number of nitrogens with zero attached hydrogens (tertiary/aromatic N) is 3. The Bertz CT molecular complexity index is 900. The average molecular weight is 426 g/mol. The topological polar surface area (TPSA) is 64.0 Å². The highest BCUT2D eigenvalue weighted by atomic mass is 16.5. The number of piperidine rings is 1. The van der Waals surface area contributed by atoms with E-state index in [1.54, 1.807) is 7.11 Å². The molecule has 1 aromatic carbocycles. The van der Waals surface area contributed by atoms with E-state index in [9.17, 15) is 9.59 Å². The number of carbonyl (C=O) groups is 2. The van der Waals surface area contributed by atoms with Crippen molar-refractivity contribution in [3.63, 3.8) is 0 Å². The summed E-state index contributed by atoms with van der Waals surface area (Å²) in [6, 6.07) is 11.6. The quantitative estimate of drug-likeness (QED) is 0.713. The maximum Gasteiger partial charge on any atom is 0.254 e. The predicted molar refractivity (Wildman–Crippen MR) is 117 cm³/mol. The summed E-state index contributed by atoms with van der Waals surface area (Å²) >= 11 is 0. The van der Waals surface area contributed by atoms with Crippen LogP contribution < -0.4 is 4.74 Å². The van der Waals surface area contributed by atoms with Gasteiger partial charge in [-0.15, -0.1) is 0 Å². The molecule has 1 unspecified atom stereocenters. The maximum atomic E-state index is 13.0. The van der Waals surface area contributed by atoms with Gasteiger partial charge in [-0.05, 0) is 43.3 Å². The molecule has 0 bridgehead atoms. The molecule has 7 nitrogen and oxygen atoms in total. The second kappa shape index (κ2) is 9.56. The molecule has 1 fully saturated rings. The summed E-state index contributed by atoms with van der Waals surface area (Å²) < 4.78 is 13.3. The van der Waals surface area contributed by atoms with Crippen LogP contribution in [0.15, 0.2) is 42.6 Å². The van der Waals surface area contributed by atoms with Crippen LogP contribution >= 0.6 is 0 Å². The van der Waals surface area contributed by atoms with Gasteiger partial charge in [0.15, 0.2) is 0 Å². The summed E-state index contributed by atoms with van der Waals surface area (Å²) in [5.74, 6) is 0.957. The second-order valence-electron chi connectivity index (χ2n) is 8.27. The van der Waals surface area contributed by atoms with E-state index in [0.29, 0.717) is 38.2 Å². The third kappa shape index (κ3) is 4.77. The summed E-state index contributed by atoms with van der Waals surface area (Å²) in [7, 11) is 1.61. The number of carbonyl (C=O) groups excluding carboxylic acids is 2. The zero-order chi connectivity index (χ0) is 21.8. The molecule has 2 aromatic rings. The van der Waals surface area contributed by atoms with Crippen LogP contribution in [0.2, 0.25) is 0 Å². The number of benzene rings is 1. The monoisotopic (exact) mass is 425 g/mol. The number of aromatic nitrogens is 1. The van der Waals surface area contributed by atoms with Crippen molar-refractivity contribution in [2.24, 2.45) is 0 Å². The van der Waals surface area contributed by atoms with Crippen molar-refractivity contribution in [3.05, 3.63) is 53.9 Å². The van der Waals surface area contributed by atoms with Crippen molar-refractivity contribution in [1.82, 2.24) is 14.4 Å². The minimum Gasteiger partial charge on any atom is -0.490 e. The zero-order valence-corrected chi connectivity index (χ0v) is 18.3. The lowest BCUT2D eigenvalue weighted by Gasteiger charge is -2.35. The van der Waals surface area contributed by atoms with Crippen LogP contribution in [0.3, 0.4) is 0 Å². The van der Waals surface area contributed by atoms with Crippen LogP contribution in [0.4, 0.5) is 0 Å². The normalized spacial score (nSPS) is 19.2. The third-order valence-corrected chi connectivity index (χ3v) is 6.32. The molecule has 2 aliphatic rings. The molecule has 4 rings (SSSR count).